The number of nitrogens with one attached hydrogen (secondary N) is 2. The fourth-order valence-electron chi connectivity index (χ4n) is 2.04. The van der Waals surface area contributed by atoms with Crippen LogP contribution < -0.4 is 20.1 Å². The Morgan fingerprint density at radius 1 is 1.09 bits per heavy atom. The maximum atomic E-state index is 13.4. The van der Waals surface area contributed by atoms with Gasteiger partial charge in [0.1, 0.15) is 17.3 Å². The summed E-state index contributed by atoms with van der Waals surface area (Å²) in [5, 5.41) is 5.65. The van der Waals surface area contributed by atoms with Gasteiger partial charge in [-0.1, -0.05) is 12.1 Å². The topological polar surface area (TPSA) is 59.6 Å². The Morgan fingerprint density at radius 2 is 1.87 bits per heavy atom. The zero-order valence-corrected chi connectivity index (χ0v) is 13.1. The molecule has 0 spiro atoms. The Kier molecular flexibility index (Phi) is 5.80. The van der Waals surface area contributed by atoms with Crippen LogP contribution in [0.5, 0.6) is 11.5 Å². The van der Waals surface area contributed by atoms with Gasteiger partial charge in [-0.3, -0.25) is 4.79 Å². The van der Waals surface area contributed by atoms with E-state index in [2.05, 4.69) is 10.6 Å². The fraction of sp³-hybridized carbons (Fsp3) is 0.235. The van der Waals surface area contributed by atoms with E-state index in [0.717, 1.165) is 0 Å². The summed E-state index contributed by atoms with van der Waals surface area (Å²) in [4.78, 5) is 12.0. The molecule has 5 nitrogen and oxygen atoms in total. The summed E-state index contributed by atoms with van der Waals surface area (Å²) in [6.45, 7) is 0.319. The zero-order valence-electron chi connectivity index (χ0n) is 13.1. The second-order valence-electron chi connectivity index (χ2n) is 4.77. The van der Waals surface area contributed by atoms with Gasteiger partial charge in [-0.05, 0) is 24.3 Å². The molecule has 6 heteroatoms. The lowest BCUT2D eigenvalue weighted by atomic mass is 10.2. The summed E-state index contributed by atoms with van der Waals surface area (Å²) in [6, 6.07) is 11.5. The Labute approximate surface area is 134 Å². The van der Waals surface area contributed by atoms with Crippen molar-refractivity contribution < 1.29 is 18.7 Å². The molecule has 122 valence electrons. The average Bonchev–Trinajstić information content (AvgIpc) is 2.56. The van der Waals surface area contributed by atoms with E-state index in [4.69, 9.17) is 9.47 Å². The second-order valence-corrected chi connectivity index (χ2v) is 4.77. The maximum Gasteiger partial charge on any atom is 0.226 e. The quantitative estimate of drug-likeness (QED) is 0.822. The number of hydrogen-bond donors (Lipinski definition) is 2. The van der Waals surface area contributed by atoms with Crippen LogP contribution in [0.1, 0.15) is 6.42 Å². The number of halogens is 1. The molecule has 0 fully saturated rings. The van der Waals surface area contributed by atoms with Gasteiger partial charge in [0.2, 0.25) is 5.91 Å². The number of methoxy groups -OCH3 is 2. The molecule has 2 aromatic rings. The molecule has 0 saturated carbocycles. The number of carbonyl (C=O) groups excluding carboxylic acids is 1. The van der Waals surface area contributed by atoms with Gasteiger partial charge in [-0.15, -0.1) is 0 Å². The Hall–Kier alpha value is -2.76. The van der Waals surface area contributed by atoms with Gasteiger partial charge in [0.05, 0.1) is 25.6 Å². The van der Waals surface area contributed by atoms with Crippen LogP contribution >= 0.6 is 0 Å². The smallest absolute Gasteiger partial charge is 0.226 e. The molecule has 0 radical (unpaired) electrons. The van der Waals surface area contributed by atoms with E-state index in [9.17, 15) is 9.18 Å². The first-order valence-electron chi connectivity index (χ1n) is 7.14. The minimum atomic E-state index is -0.345. The molecule has 0 saturated heterocycles. The van der Waals surface area contributed by atoms with Crippen LogP contribution in [0.25, 0.3) is 0 Å². The highest BCUT2D eigenvalue weighted by atomic mass is 19.1. The van der Waals surface area contributed by atoms with Gasteiger partial charge in [0.25, 0.3) is 0 Å². The molecule has 0 aliphatic rings. The number of ether oxygens (including phenoxy) is 2. The molecule has 0 unspecified atom stereocenters. The molecule has 0 heterocycles. The van der Waals surface area contributed by atoms with Crippen LogP contribution in [-0.2, 0) is 4.79 Å². The van der Waals surface area contributed by atoms with Crippen molar-refractivity contribution in [3.63, 3.8) is 0 Å². The monoisotopic (exact) mass is 318 g/mol. The molecule has 0 aliphatic heterocycles. The molecule has 2 N–H and O–H groups in total. The number of carbonyl (C=O) groups is 1. The molecule has 0 aromatic heterocycles. The third-order valence-corrected chi connectivity index (χ3v) is 3.22. The van der Waals surface area contributed by atoms with E-state index in [1.54, 1.807) is 43.5 Å². The van der Waals surface area contributed by atoms with Crippen molar-refractivity contribution in [3.05, 3.63) is 48.3 Å². The normalized spacial score (nSPS) is 10.0. The fourth-order valence-corrected chi connectivity index (χ4v) is 2.04. The van der Waals surface area contributed by atoms with Crippen LogP contribution in [-0.4, -0.2) is 26.7 Å². The predicted molar refractivity (Wildman–Crippen MR) is 87.7 cm³/mol. The van der Waals surface area contributed by atoms with E-state index >= 15 is 0 Å². The van der Waals surface area contributed by atoms with Crippen LogP contribution in [0.4, 0.5) is 15.8 Å². The number of amides is 1. The van der Waals surface area contributed by atoms with Crippen molar-refractivity contribution in [2.45, 2.75) is 6.42 Å². The standard InChI is InChI=1S/C17H19FN2O3/c1-22-12-7-8-16(23-2)15(11-12)20-17(21)9-10-19-14-6-4-3-5-13(14)18/h3-8,11,19H,9-10H2,1-2H3,(H,20,21). The van der Waals surface area contributed by atoms with E-state index in [1.165, 1.54) is 13.2 Å². The number of benzene rings is 2. The molecule has 0 aliphatic carbocycles. The number of hydrogen-bond acceptors (Lipinski definition) is 4. The first-order chi connectivity index (χ1) is 11.1. The van der Waals surface area contributed by atoms with Crippen molar-refractivity contribution in [2.24, 2.45) is 0 Å². The van der Waals surface area contributed by atoms with Crippen molar-refractivity contribution in [1.29, 1.82) is 0 Å². The van der Waals surface area contributed by atoms with E-state index in [-0.39, 0.29) is 18.1 Å². The minimum Gasteiger partial charge on any atom is -0.497 e. The van der Waals surface area contributed by atoms with E-state index < -0.39 is 0 Å². The number of para-hydroxylation sites is 1. The highest BCUT2D eigenvalue weighted by Gasteiger charge is 2.09. The lowest BCUT2D eigenvalue weighted by molar-refractivity contribution is -0.116. The van der Waals surface area contributed by atoms with Gasteiger partial charge in [0, 0.05) is 19.0 Å². The van der Waals surface area contributed by atoms with Crippen LogP contribution in [0.2, 0.25) is 0 Å². The zero-order chi connectivity index (χ0) is 16.7. The van der Waals surface area contributed by atoms with E-state index in [0.29, 0.717) is 29.4 Å². The van der Waals surface area contributed by atoms with Crippen molar-refractivity contribution in [1.82, 2.24) is 0 Å². The summed E-state index contributed by atoms with van der Waals surface area (Å²) in [5.74, 6) is 0.606. The lowest BCUT2D eigenvalue weighted by Gasteiger charge is -2.12. The van der Waals surface area contributed by atoms with Gasteiger partial charge in [0.15, 0.2) is 0 Å². The number of anilines is 2. The molecule has 23 heavy (non-hydrogen) atoms. The molecular weight excluding hydrogens is 299 g/mol. The molecule has 2 aromatic carbocycles. The largest absolute Gasteiger partial charge is 0.497 e. The van der Waals surface area contributed by atoms with E-state index in [1.807, 2.05) is 0 Å². The van der Waals surface area contributed by atoms with Crippen LogP contribution in [0.3, 0.4) is 0 Å². The van der Waals surface area contributed by atoms with Crippen molar-refractivity contribution in [2.75, 3.05) is 31.4 Å². The number of rotatable bonds is 7. The SMILES string of the molecule is COc1ccc(OC)c(NC(=O)CCNc2ccccc2F)c1. The Morgan fingerprint density at radius 3 is 2.57 bits per heavy atom. The third kappa shape index (κ3) is 4.60. The Bertz CT molecular complexity index is 677. The van der Waals surface area contributed by atoms with Crippen LogP contribution in [0.15, 0.2) is 42.5 Å². The molecular formula is C17H19FN2O3. The van der Waals surface area contributed by atoms with Gasteiger partial charge in [-0.2, -0.15) is 0 Å². The maximum absolute atomic E-state index is 13.4. The lowest BCUT2D eigenvalue weighted by Crippen LogP contribution is -2.17. The summed E-state index contributed by atoms with van der Waals surface area (Å²) >= 11 is 0. The summed E-state index contributed by atoms with van der Waals surface area (Å²) in [5.41, 5.74) is 0.905. The molecule has 0 bridgehead atoms. The highest BCUT2D eigenvalue weighted by Crippen LogP contribution is 2.28. The second kappa shape index (κ2) is 8.03. The molecule has 2 rings (SSSR count). The summed E-state index contributed by atoms with van der Waals surface area (Å²) in [7, 11) is 3.07. The Balaban J connectivity index is 1.91. The first-order valence-corrected chi connectivity index (χ1v) is 7.14. The minimum absolute atomic E-state index is 0.189. The summed E-state index contributed by atoms with van der Waals surface area (Å²) < 4.78 is 23.8. The predicted octanol–water partition coefficient (Wildman–Crippen LogP) is 3.28. The first kappa shape index (κ1) is 16.6. The van der Waals surface area contributed by atoms with Gasteiger partial charge in [-0.25, -0.2) is 4.39 Å². The van der Waals surface area contributed by atoms with Gasteiger partial charge < -0.3 is 20.1 Å². The summed E-state index contributed by atoms with van der Waals surface area (Å²) in [6.07, 6.45) is 0.189. The van der Waals surface area contributed by atoms with Gasteiger partial charge >= 0.3 is 0 Å². The molecule has 1 amide bonds. The highest BCUT2D eigenvalue weighted by molar-refractivity contribution is 5.92. The third-order valence-electron chi connectivity index (χ3n) is 3.22. The van der Waals surface area contributed by atoms with Crippen molar-refractivity contribution in [3.8, 4) is 11.5 Å². The van der Waals surface area contributed by atoms with Crippen molar-refractivity contribution >= 4 is 17.3 Å². The average molecular weight is 318 g/mol. The molecule has 0 atom stereocenters. The van der Waals surface area contributed by atoms with Crippen LogP contribution in [0, 0.1) is 5.82 Å².